The molecule has 22 nitrogen and oxygen atoms in total. The van der Waals surface area contributed by atoms with E-state index in [-0.39, 0.29) is 66.9 Å². The average Bonchev–Trinajstić information content (AvgIpc) is 3.14. The molecule has 0 fully saturated rings. The van der Waals surface area contributed by atoms with Gasteiger partial charge in [0.15, 0.2) is 11.5 Å². The molecule has 10 N–H and O–H groups in total. The Morgan fingerprint density at radius 1 is 0.483 bits per heavy atom. The highest BCUT2D eigenvalue weighted by molar-refractivity contribution is 7.86. The maximum atomic E-state index is 12.4. The van der Waals surface area contributed by atoms with Gasteiger partial charge in [-0.2, -0.15) is 33.7 Å². The van der Waals surface area contributed by atoms with Crippen molar-refractivity contribution in [1.29, 1.82) is 0 Å². The molecule has 0 saturated carbocycles. The van der Waals surface area contributed by atoms with Crippen LogP contribution < -0.4 is 20.9 Å². The minimum atomic E-state index is -5.09. The second kappa shape index (κ2) is 15.3. The number of anilines is 2. The van der Waals surface area contributed by atoms with Crippen LogP contribution in [-0.2, 0) is 40.5 Å². The number of nitrogens with two attached hydrogens (primary N) is 2. The number of hydrogen-bond donors (Lipinski definition) is 8. The number of hydrogen-bond acceptors (Lipinski definition) is 18. The molecular weight excluding hydrogens is 877 g/mol. The molecule has 6 rings (SSSR count). The summed E-state index contributed by atoms with van der Waals surface area (Å²) in [6.07, 6.45) is 0. The molecular formula is C34H28N6O16S4. The lowest BCUT2D eigenvalue weighted by Gasteiger charge is -2.14. The number of azo groups is 2. The standard InChI is InChI=1S/C34H28N6O16S4/c1-55-33-29-17(7-19(13-21(29)35)57(43,44)45)11-27(59(49,50)51)31(33)39-37-23-5-3-15(9-25(23)41)16-4-6-24(26(42)10-16)38-40-32-28(60(52,53)54)12-18-8-20(58(46,47)48)14-22(36)30(18)34(32)56-2/h3-14,41-42H,35-36H2,1-2H3,(H,43,44,45)(H,46,47,48)(H,49,50,51)(H,52,53,54). The number of fused-ring (bicyclic) bond motifs is 2. The number of rotatable bonds is 11. The van der Waals surface area contributed by atoms with Crippen molar-refractivity contribution in [3.8, 4) is 34.1 Å². The molecule has 0 aromatic heterocycles. The average molecular weight is 905 g/mol. The lowest BCUT2D eigenvalue weighted by molar-refractivity contribution is 0.419. The summed E-state index contributed by atoms with van der Waals surface area (Å²) in [6, 6.07) is 12.9. The van der Waals surface area contributed by atoms with E-state index in [1.807, 2.05) is 0 Å². The van der Waals surface area contributed by atoms with Gasteiger partial charge in [-0.05, 0) is 82.6 Å². The Labute approximate surface area is 339 Å². The number of phenolic OH excluding ortho intramolecular Hbond substituents is 2. The second-order valence-electron chi connectivity index (χ2n) is 12.4. The van der Waals surface area contributed by atoms with Crippen molar-refractivity contribution >= 4 is 96.1 Å². The smallest absolute Gasteiger partial charge is 0.296 e. The normalized spacial score (nSPS) is 12.8. The van der Waals surface area contributed by atoms with Crippen molar-refractivity contribution < 1.29 is 71.6 Å². The van der Waals surface area contributed by atoms with Gasteiger partial charge in [-0.25, -0.2) is 0 Å². The summed E-state index contributed by atoms with van der Waals surface area (Å²) in [4.78, 5) is -3.13. The van der Waals surface area contributed by atoms with Crippen LogP contribution in [0.4, 0.5) is 34.1 Å². The van der Waals surface area contributed by atoms with Crippen LogP contribution >= 0.6 is 0 Å². The fraction of sp³-hybridized carbons (Fsp3) is 0.0588. The Morgan fingerprint density at radius 2 is 0.833 bits per heavy atom. The number of phenols is 2. The summed E-state index contributed by atoms with van der Waals surface area (Å²) < 4.78 is 146. The highest BCUT2D eigenvalue weighted by Crippen LogP contribution is 2.47. The number of nitrogens with zero attached hydrogens (tertiary/aromatic N) is 4. The van der Waals surface area contributed by atoms with Crippen LogP contribution in [0, 0.1) is 0 Å². The zero-order valence-corrected chi connectivity index (χ0v) is 33.5. The minimum absolute atomic E-state index is 0.0505. The highest BCUT2D eigenvalue weighted by atomic mass is 32.2. The van der Waals surface area contributed by atoms with Crippen molar-refractivity contribution in [1.82, 2.24) is 0 Å². The first-order chi connectivity index (χ1) is 27.8. The molecule has 0 amide bonds. The molecule has 0 aliphatic rings. The van der Waals surface area contributed by atoms with E-state index in [1.54, 1.807) is 0 Å². The van der Waals surface area contributed by atoms with E-state index in [4.69, 9.17) is 20.9 Å². The van der Waals surface area contributed by atoms with Gasteiger partial charge in [0.05, 0.1) is 24.0 Å². The van der Waals surface area contributed by atoms with Crippen LogP contribution in [-0.4, -0.2) is 76.3 Å². The van der Waals surface area contributed by atoms with Crippen LogP contribution in [0.3, 0.4) is 0 Å². The van der Waals surface area contributed by atoms with E-state index in [1.165, 1.54) is 36.4 Å². The van der Waals surface area contributed by atoms with E-state index in [0.717, 1.165) is 50.6 Å². The van der Waals surface area contributed by atoms with Gasteiger partial charge in [-0.1, -0.05) is 12.1 Å². The lowest BCUT2D eigenvalue weighted by atomic mass is 10.0. The van der Waals surface area contributed by atoms with Crippen LogP contribution in [0.2, 0.25) is 0 Å². The summed E-state index contributed by atoms with van der Waals surface area (Å²) in [5.74, 6) is -1.76. The number of aromatic hydroxyl groups is 2. The maximum absolute atomic E-state index is 12.4. The Kier molecular flexibility index (Phi) is 11.0. The molecule has 26 heteroatoms. The predicted molar refractivity (Wildman–Crippen MR) is 213 cm³/mol. The molecule has 6 aromatic carbocycles. The molecule has 0 aliphatic carbocycles. The van der Waals surface area contributed by atoms with Gasteiger partial charge in [0.2, 0.25) is 0 Å². The third-order valence-electron chi connectivity index (χ3n) is 8.63. The van der Waals surface area contributed by atoms with E-state index >= 15 is 0 Å². The Balaban J connectivity index is 1.36. The van der Waals surface area contributed by atoms with Crippen molar-refractivity contribution in [3.05, 3.63) is 72.8 Å². The topological polar surface area (TPSA) is 378 Å². The SMILES string of the molecule is COc1c(N=Nc2ccc(-c3ccc(N=Nc4c(S(=O)(=O)O)cc5cc(S(=O)(=O)O)cc(N)c5c4OC)c(O)c3)cc2O)c(S(=O)(=O)O)cc2cc(S(=O)(=O)O)cc(N)c12. The number of benzene rings is 6. The zero-order valence-electron chi connectivity index (χ0n) is 30.3. The molecule has 0 unspecified atom stereocenters. The third kappa shape index (κ3) is 8.33. The molecule has 0 saturated heterocycles. The first kappa shape index (κ1) is 43.1. The fourth-order valence-electron chi connectivity index (χ4n) is 6.01. The maximum Gasteiger partial charge on any atom is 0.296 e. The van der Waals surface area contributed by atoms with Gasteiger partial charge >= 0.3 is 0 Å². The summed E-state index contributed by atoms with van der Waals surface area (Å²) in [5.41, 5.74) is 10.4. The number of ether oxygens (including phenoxy) is 2. The molecule has 0 atom stereocenters. The summed E-state index contributed by atoms with van der Waals surface area (Å²) in [6.45, 7) is 0. The largest absolute Gasteiger partial charge is 0.506 e. The van der Waals surface area contributed by atoms with Gasteiger partial charge in [0, 0.05) is 22.1 Å². The van der Waals surface area contributed by atoms with Crippen LogP contribution in [0.15, 0.2) is 113 Å². The third-order valence-corrected chi connectivity index (χ3v) is 12.0. The first-order valence-electron chi connectivity index (χ1n) is 16.1. The summed E-state index contributed by atoms with van der Waals surface area (Å²) >= 11 is 0. The van der Waals surface area contributed by atoms with Crippen LogP contribution in [0.25, 0.3) is 32.7 Å². The molecule has 6 aromatic rings. The first-order valence-corrected chi connectivity index (χ1v) is 21.9. The van der Waals surface area contributed by atoms with Crippen LogP contribution in [0.1, 0.15) is 0 Å². The van der Waals surface area contributed by atoms with Gasteiger partial charge in [-0.15, -0.1) is 20.5 Å². The van der Waals surface area contributed by atoms with Crippen molar-refractivity contribution in [2.75, 3.05) is 25.7 Å². The molecule has 0 aliphatic heterocycles. The molecule has 0 spiro atoms. The summed E-state index contributed by atoms with van der Waals surface area (Å²) in [7, 11) is -17.6. The van der Waals surface area contributed by atoms with Gasteiger partial charge in [0.25, 0.3) is 40.5 Å². The van der Waals surface area contributed by atoms with Crippen molar-refractivity contribution in [2.45, 2.75) is 19.6 Å². The predicted octanol–water partition coefficient (Wildman–Crippen LogP) is 6.07. The Bertz CT molecular complexity index is 3120. The van der Waals surface area contributed by atoms with Gasteiger partial charge < -0.3 is 31.2 Å². The van der Waals surface area contributed by atoms with Crippen molar-refractivity contribution in [3.63, 3.8) is 0 Å². The van der Waals surface area contributed by atoms with Gasteiger partial charge in [0.1, 0.15) is 44.0 Å². The fourth-order valence-corrected chi connectivity index (χ4v) is 8.42. The van der Waals surface area contributed by atoms with Crippen LogP contribution in [0.5, 0.6) is 23.0 Å². The van der Waals surface area contributed by atoms with Gasteiger partial charge in [-0.3, -0.25) is 18.2 Å². The van der Waals surface area contributed by atoms with E-state index < -0.39 is 82.9 Å². The van der Waals surface area contributed by atoms with E-state index in [0.29, 0.717) is 0 Å². The molecule has 0 bridgehead atoms. The Hall–Kier alpha value is -6.52. The number of methoxy groups -OCH3 is 2. The second-order valence-corrected chi connectivity index (χ2v) is 18.1. The molecule has 0 heterocycles. The van der Waals surface area contributed by atoms with Crippen molar-refractivity contribution in [2.24, 2.45) is 20.5 Å². The summed E-state index contributed by atoms with van der Waals surface area (Å²) in [5, 5.41) is 36.8. The quantitative estimate of drug-likeness (QED) is 0.0415. The lowest BCUT2D eigenvalue weighted by Crippen LogP contribution is -2.04. The Morgan fingerprint density at radius 3 is 1.12 bits per heavy atom. The monoisotopic (exact) mass is 904 g/mol. The van der Waals surface area contributed by atoms with E-state index in [2.05, 4.69) is 20.5 Å². The molecule has 0 radical (unpaired) electrons. The van der Waals surface area contributed by atoms with E-state index in [9.17, 15) is 62.1 Å². The molecule has 60 heavy (non-hydrogen) atoms. The molecule has 314 valence electrons. The highest BCUT2D eigenvalue weighted by Gasteiger charge is 2.27. The number of nitrogen functional groups attached to an aromatic ring is 2. The minimum Gasteiger partial charge on any atom is -0.506 e. The zero-order chi connectivity index (χ0) is 44.3.